The molecule has 0 aliphatic rings. The molecule has 0 aliphatic carbocycles. The Labute approximate surface area is 228 Å². The van der Waals surface area contributed by atoms with Crippen LogP contribution in [0.25, 0.3) is 11.0 Å². The lowest BCUT2D eigenvalue weighted by Gasteiger charge is -2.19. The Balaban J connectivity index is 1.42. The number of rotatable bonds is 7. The SMILES string of the molecule is COC(c1cc(C(=O)Nc2cccc(C(F)(F)F)c2)ccc1C)c1c[nH]c2nc(Nc3ccccc3N)ccc12. The summed E-state index contributed by atoms with van der Waals surface area (Å²) in [5.41, 5.74) is 9.93. The maximum Gasteiger partial charge on any atom is 0.416 e. The lowest BCUT2D eigenvalue weighted by atomic mass is 9.95. The van der Waals surface area contributed by atoms with Crippen molar-refractivity contribution in [2.75, 3.05) is 23.5 Å². The number of amides is 1. The van der Waals surface area contributed by atoms with Gasteiger partial charge in [-0.1, -0.05) is 24.3 Å². The number of nitrogens with zero attached hydrogens (tertiary/aromatic N) is 1. The van der Waals surface area contributed by atoms with Crippen LogP contribution in [-0.4, -0.2) is 23.0 Å². The lowest BCUT2D eigenvalue weighted by Crippen LogP contribution is -2.14. The summed E-state index contributed by atoms with van der Waals surface area (Å²) in [6.07, 6.45) is -3.24. The number of nitrogens with one attached hydrogen (secondary N) is 3. The first kappa shape index (κ1) is 26.8. The van der Waals surface area contributed by atoms with Crippen LogP contribution < -0.4 is 16.4 Å². The van der Waals surface area contributed by atoms with Crippen LogP contribution in [0.2, 0.25) is 0 Å². The number of carbonyl (C=O) groups is 1. The van der Waals surface area contributed by atoms with Gasteiger partial charge in [0.05, 0.1) is 16.9 Å². The van der Waals surface area contributed by atoms with Crippen LogP contribution in [0, 0.1) is 6.92 Å². The Morgan fingerprint density at radius 3 is 2.55 bits per heavy atom. The van der Waals surface area contributed by atoms with E-state index in [1.807, 2.05) is 37.3 Å². The van der Waals surface area contributed by atoms with Crippen molar-refractivity contribution in [1.82, 2.24) is 9.97 Å². The summed E-state index contributed by atoms with van der Waals surface area (Å²) in [6.45, 7) is 1.90. The second kappa shape index (κ2) is 10.7. The Hall–Kier alpha value is -4.83. The third-order valence-corrected chi connectivity index (χ3v) is 6.58. The van der Waals surface area contributed by atoms with E-state index in [9.17, 15) is 18.0 Å². The van der Waals surface area contributed by atoms with Gasteiger partial charge in [0, 0.05) is 35.5 Å². The summed E-state index contributed by atoms with van der Waals surface area (Å²) in [6, 6.07) is 20.8. The van der Waals surface area contributed by atoms with Gasteiger partial charge in [-0.2, -0.15) is 13.2 Å². The minimum atomic E-state index is -4.51. The number of aromatic amines is 1. The van der Waals surface area contributed by atoms with E-state index in [0.717, 1.165) is 39.9 Å². The van der Waals surface area contributed by atoms with E-state index in [2.05, 4.69) is 20.6 Å². The maximum absolute atomic E-state index is 13.1. The zero-order valence-electron chi connectivity index (χ0n) is 21.6. The molecule has 7 nitrogen and oxygen atoms in total. The van der Waals surface area contributed by atoms with E-state index >= 15 is 0 Å². The number of pyridine rings is 1. The molecule has 0 radical (unpaired) electrons. The first-order valence-corrected chi connectivity index (χ1v) is 12.4. The van der Waals surface area contributed by atoms with Crippen molar-refractivity contribution in [3.8, 4) is 0 Å². The fraction of sp³-hybridized carbons (Fsp3) is 0.133. The molecule has 5 N–H and O–H groups in total. The number of fused-ring (bicyclic) bond motifs is 1. The van der Waals surface area contributed by atoms with Gasteiger partial charge in [0.25, 0.3) is 5.91 Å². The maximum atomic E-state index is 13.1. The van der Waals surface area contributed by atoms with Gasteiger partial charge < -0.3 is 26.1 Å². The third kappa shape index (κ3) is 5.48. The molecule has 2 heterocycles. The van der Waals surface area contributed by atoms with Crippen molar-refractivity contribution in [3.63, 3.8) is 0 Å². The Morgan fingerprint density at radius 2 is 1.80 bits per heavy atom. The number of halogens is 3. The molecule has 1 atom stereocenters. The predicted octanol–water partition coefficient (Wildman–Crippen LogP) is 7.20. The highest BCUT2D eigenvalue weighted by Crippen LogP contribution is 2.35. The number of hydrogen-bond acceptors (Lipinski definition) is 5. The number of nitrogens with two attached hydrogens (primary N) is 1. The smallest absolute Gasteiger partial charge is 0.397 e. The minimum absolute atomic E-state index is 0.0506. The van der Waals surface area contributed by atoms with E-state index in [-0.39, 0.29) is 11.3 Å². The van der Waals surface area contributed by atoms with E-state index in [1.165, 1.54) is 12.1 Å². The van der Waals surface area contributed by atoms with Gasteiger partial charge in [0.2, 0.25) is 0 Å². The summed E-state index contributed by atoms with van der Waals surface area (Å²) < 4.78 is 45.2. The Kier molecular flexibility index (Phi) is 7.19. The highest BCUT2D eigenvalue weighted by Gasteiger charge is 2.30. The van der Waals surface area contributed by atoms with Crippen molar-refractivity contribution >= 4 is 39.8 Å². The fourth-order valence-corrected chi connectivity index (χ4v) is 4.52. The molecule has 40 heavy (non-hydrogen) atoms. The van der Waals surface area contributed by atoms with Gasteiger partial charge in [-0.3, -0.25) is 4.79 Å². The van der Waals surface area contributed by atoms with Gasteiger partial charge in [-0.25, -0.2) is 4.98 Å². The van der Waals surface area contributed by atoms with Crippen LogP contribution in [0.3, 0.4) is 0 Å². The second-order valence-electron chi connectivity index (χ2n) is 9.27. The number of aromatic nitrogens is 2. The van der Waals surface area contributed by atoms with Gasteiger partial charge in [0.1, 0.15) is 17.6 Å². The van der Waals surface area contributed by atoms with E-state index < -0.39 is 23.8 Å². The molecule has 3 aromatic carbocycles. The van der Waals surface area contributed by atoms with Crippen LogP contribution in [0.15, 0.2) is 85.1 Å². The monoisotopic (exact) mass is 545 g/mol. The number of hydrogen-bond donors (Lipinski definition) is 4. The average Bonchev–Trinajstić information content (AvgIpc) is 3.34. The summed E-state index contributed by atoms with van der Waals surface area (Å²) in [5, 5.41) is 6.60. The van der Waals surface area contributed by atoms with Crippen molar-refractivity contribution < 1.29 is 22.7 Å². The van der Waals surface area contributed by atoms with Crippen LogP contribution in [0.1, 0.15) is 38.7 Å². The number of ether oxygens (including phenoxy) is 1. The molecule has 0 saturated carbocycles. The standard InChI is InChI=1S/C30H26F3N5O2/c1-17-10-11-18(29(39)36-20-7-5-6-19(15-20)30(31,32)33)14-22(17)27(40-2)23-16-35-28-21(23)12-13-26(38-28)37-25-9-4-3-8-24(25)34/h3-16,27H,34H2,1-2H3,(H,36,39)(H2,35,37,38). The molecule has 0 fully saturated rings. The second-order valence-corrected chi connectivity index (χ2v) is 9.27. The Bertz CT molecular complexity index is 1700. The average molecular weight is 546 g/mol. The summed E-state index contributed by atoms with van der Waals surface area (Å²) in [7, 11) is 1.57. The van der Waals surface area contributed by atoms with E-state index in [0.29, 0.717) is 17.2 Å². The molecule has 0 aliphatic heterocycles. The van der Waals surface area contributed by atoms with Gasteiger partial charge in [-0.15, -0.1) is 0 Å². The first-order valence-electron chi connectivity index (χ1n) is 12.4. The zero-order chi connectivity index (χ0) is 28.4. The molecular weight excluding hydrogens is 519 g/mol. The normalized spacial score (nSPS) is 12.3. The molecule has 5 aromatic rings. The van der Waals surface area contributed by atoms with Crippen molar-refractivity contribution in [3.05, 3.63) is 113 Å². The van der Waals surface area contributed by atoms with Crippen molar-refractivity contribution in [1.29, 1.82) is 0 Å². The number of H-pyrrole nitrogens is 1. The quantitative estimate of drug-likeness (QED) is 0.162. The number of methoxy groups -OCH3 is 1. The fourth-order valence-electron chi connectivity index (χ4n) is 4.52. The van der Waals surface area contributed by atoms with Gasteiger partial charge >= 0.3 is 6.18 Å². The molecule has 2 aromatic heterocycles. The number of benzene rings is 3. The molecule has 1 amide bonds. The molecular formula is C30H26F3N5O2. The number of carbonyl (C=O) groups excluding carboxylic acids is 1. The highest BCUT2D eigenvalue weighted by atomic mass is 19.4. The minimum Gasteiger partial charge on any atom is -0.397 e. The summed E-state index contributed by atoms with van der Waals surface area (Å²) in [5.74, 6) is 0.0733. The number of aryl methyl sites for hydroxylation is 1. The van der Waals surface area contributed by atoms with E-state index in [4.69, 9.17) is 10.5 Å². The zero-order valence-corrected chi connectivity index (χ0v) is 21.6. The van der Waals surface area contributed by atoms with Crippen LogP contribution in [0.5, 0.6) is 0 Å². The first-order chi connectivity index (χ1) is 19.1. The molecule has 0 bridgehead atoms. The third-order valence-electron chi connectivity index (χ3n) is 6.58. The van der Waals surface area contributed by atoms with Crippen LogP contribution >= 0.6 is 0 Å². The van der Waals surface area contributed by atoms with E-state index in [1.54, 1.807) is 37.6 Å². The largest absolute Gasteiger partial charge is 0.416 e. The van der Waals surface area contributed by atoms with Gasteiger partial charge in [-0.05, 0) is 72.6 Å². The lowest BCUT2D eigenvalue weighted by molar-refractivity contribution is -0.137. The number of anilines is 4. The molecule has 5 rings (SSSR count). The predicted molar refractivity (Wildman–Crippen MR) is 150 cm³/mol. The number of para-hydroxylation sites is 2. The molecule has 10 heteroatoms. The molecule has 0 spiro atoms. The summed E-state index contributed by atoms with van der Waals surface area (Å²) >= 11 is 0. The summed E-state index contributed by atoms with van der Waals surface area (Å²) in [4.78, 5) is 20.8. The van der Waals surface area contributed by atoms with Gasteiger partial charge in [0.15, 0.2) is 0 Å². The van der Waals surface area contributed by atoms with Crippen LogP contribution in [0.4, 0.5) is 36.1 Å². The highest BCUT2D eigenvalue weighted by molar-refractivity contribution is 6.04. The number of nitrogen functional groups attached to an aromatic ring is 1. The topological polar surface area (TPSA) is 105 Å². The molecule has 1 unspecified atom stereocenters. The number of alkyl halides is 3. The van der Waals surface area contributed by atoms with Crippen molar-refractivity contribution in [2.45, 2.75) is 19.2 Å². The molecule has 0 saturated heterocycles. The Morgan fingerprint density at radius 1 is 1.00 bits per heavy atom. The van der Waals surface area contributed by atoms with Crippen molar-refractivity contribution in [2.24, 2.45) is 0 Å². The van der Waals surface area contributed by atoms with Crippen LogP contribution in [-0.2, 0) is 10.9 Å². The molecule has 204 valence electrons.